The van der Waals surface area contributed by atoms with Crippen LogP contribution in [0.15, 0.2) is 30.3 Å². The van der Waals surface area contributed by atoms with Crippen molar-refractivity contribution in [2.75, 3.05) is 6.61 Å². The number of H-pyrrole nitrogens is 1. The third-order valence-electron chi connectivity index (χ3n) is 4.68. The van der Waals surface area contributed by atoms with Gasteiger partial charge in [0.2, 0.25) is 0 Å². The summed E-state index contributed by atoms with van der Waals surface area (Å²) in [7, 11) is 0. The summed E-state index contributed by atoms with van der Waals surface area (Å²) < 4.78 is 13.5. The molecular weight excluding hydrogens is 306 g/mol. The van der Waals surface area contributed by atoms with Gasteiger partial charge in [-0.2, -0.15) is 0 Å². The molecule has 2 atom stereocenters. The van der Waals surface area contributed by atoms with Crippen LogP contribution in [0.4, 0.5) is 4.79 Å². The number of nitrogens with zero attached hydrogens (tertiary/aromatic N) is 1. The molecule has 2 aliphatic rings. The second-order valence-electron chi connectivity index (χ2n) is 6.96. The average molecular weight is 329 g/mol. The van der Waals surface area contributed by atoms with Gasteiger partial charge in [0.1, 0.15) is 11.7 Å². The molecule has 2 aromatic rings. The van der Waals surface area contributed by atoms with E-state index in [1.807, 2.05) is 32.0 Å². The van der Waals surface area contributed by atoms with E-state index >= 15 is 0 Å². The lowest BCUT2D eigenvalue weighted by Crippen LogP contribution is -2.38. The Morgan fingerprint density at radius 3 is 2.88 bits per heavy atom. The zero-order valence-electron chi connectivity index (χ0n) is 14.0. The van der Waals surface area contributed by atoms with Crippen molar-refractivity contribution >= 4 is 6.09 Å². The number of carbonyl (C=O) groups is 1. The standard InChI is InChI=1S/C18H23N3O3/c1-12(2)19-17(22)24-14-8-9-18(11-23-18)16-15(14)20-21(16)10-13-6-4-3-5-7-13/h3-7,12,14,20H,8-11H2,1-2H3,(H,19,22)/t14-,18-/m1/s1. The van der Waals surface area contributed by atoms with E-state index in [2.05, 4.69) is 27.2 Å². The Morgan fingerprint density at radius 2 is 2.21 bits per heavy atom. The first-order valence-electron chi connectivity index (χ1n) is 8.51. The molecule has 1 amide bonds. The number of nitrogens with one attached hydrogen (secondary N) is 2. The molecule has 0 saturated carbocycles. The van der Waals surface area contributed by atoms with Crippen molar-refractivity contribution in [3.05, 3.63) is 47.3 Å². The summed E-state index contributed by atoms with van der Waals surface area (Å²) in [5, 5.41) is 6.14. The average Bonchev–Trinajstić information content (AvgIpc) is 3.27. The van der Waals surface area contributed by atoms with Crippen molar-refractivity contribution in [1.29, 1.82) is 0 Å². The van der Waals surface area contributed by atoms with Crippen LogP contribution in [0.5, 0.6) is 0 Å². The molecule has 1 aromatic carbocycles. The largest absolute Gasteiger partial charge is 0.440 e. The second-order valence-corrected chi connectivity index (χ2v) is 6.96. The van der Waals surface area contributed by atoms with E-state index in [1.165, 1.54) is 5.56 Å². The quantitative estimate of drug-likeness (QED) is 0.847. The van der Waals surface area contributed by atoms with Gasteiger partial charge in [-0.1, -0.05) is 30.3 Å². The number of carbonyl (C=O) groups excluding carboxylic acids is 1. The van der Waals surface area contributed by atoms with E-state index in [0.717, 1.165) is 37.4 Å². The number of hydrogen-bond donors (Lipinski definition) is 2. The lowest BCUT2D eigenvalue weighted by Gasteiger charge is -2.36. The Labute approximate surface area is 141 Å². The number of hydrogen-bond acceptors (Lipinski definition) is 3. The summed E-state index contributed by atoms with van der Waals surface area (Å²) >= 11 is 0. The number of benzene rings is 1. The predicted molar refractivity (Wildman–Crippen MR) is 88.7 cm³/mol. The highest BCUT2D eigenvalue weighted by Crippen LogP contribution is 2.52. The van der Waals surface area contributed by atoms with Crippen molar-refractivity contribution in [2.24, 2.45) is 0 Å². The summed E-state index contributed by atoms with van der Waals surface area (Å²) in [5.74, 6) is 0. The molecule has 1 spiro atoms. The van der Waals surface area contributed by atoms with Gasteiger partial charge in [0, 0.05) is 6.04 Å². The summed E-state index contributed by atoms with van der Waals surface area (Å²) in [6.07, 6.45) is 1.09. The Kier molecular flexibility index (Phi) is 3.64. The maximum atomic E-state index is 11.9. The van der Waals surface area contributed by atoms with Crippen molar-refractivity contribution in [1.82, 2.24) is 15.1 Å². The van der Waals surface area contributed by atoms with Gasteiger partial charge in [0.15, 0.2) is 0 Å². The molecule has 0 unspecified atom stereocenters. The maximum Gasteiger partial charge on any atom is 0.407 e. The van der Waals surface area contributed by atoms with Gasteiger partial charge in [0.05, 0.1) is 24.5 Å². The Morgan fingerprint density at radius 1 is 1.46 bits per heavy atom. The molecule has 2 N–H and O–H groups in total. The molecule has 1 aliphatic carbocycles. The minimum absolute atomic E-state index is 0.0663. The van der Waals surface area contributed by atoms with Crippen molar-refractivity contribution in [3.63, 3.8) is 0 Å². The summed E-state index contributed by atoms with van der Waals surface area (Å²) in [6, 6.07) is 10.4. The normalized spacial score (nSPS) is 24.9. The molecule has 1 aliphatic heterocycles. The van der Waals surface area contributed by atoms with E-state index in [4.69, 9.17) is 9.47 Å². The van der Waals surface area contributed by atoms with Crippen molar-refractivity contribution in [3.8, 4) is 0 Å². The topological polar surface area (TPSA) is 71.6 Å². The molecule has 128 valence electrons. The Balaban J connectivity index is 1.53. The van der Waals surface area contributed by atoms with E-state index in [9.17, 15) is 4.79 Å². The summed E-state index contributed by atoms with van der Waals surface area (Å²) in [4.78, 5) is 11.9. The molecule has 6 heteroatoms. The first-order chi connectivity index (χ1) is 11.6. The number of rotatable bonds is 4. The number of epoxide rings is 1. The van der Waals surface area contributed by atoms with Gasteiger partial charge in [-0.3, -0.25) is 9.78 Å². The zero-order valence-corrected chi connectivity index (χ0v) is 14.0. The van der Waals surface area contributed by atoms with E-state index in [1.54, 1.807) is 0 Å². The molecule has 1 fully saturated rings. The first-order valence-corrected chi connectivity index (χ1v) is 8.51. The van der Waals surface area contributed by atoms with Crippen molar-refractivity contribution < 1.29 is 14.3 Å². The predicted octanol–water partition coefficient (Wildman–Crippen LogP) is 3.06. The summed E-state index contributed by atoms with van der Waals surface area (Å²) in [5.41, 5.74) is 3.21. The molecule has 24 heavy (non-hydrogen) atoms. The molecule has 2 heterocycles. The molecule has 1 saturated heterocycles. The van der Waals surface area contributed by atoms with Crippen molar-refractivity contribution in [2.45, 2.75) is 51.0 Å². The van der Waals surface area contributed by atoms with Crippen LogP contribution in [-0.4, -0.2) is 28.5 Å². The minimum atomic E-state index is -0.363. The van der Waals surface area contributed by atoms with Crippen LogP contribution in [0.3, 0.4) is 0 Å². The van der Waals surface area contributed by atoms with Gasteiger partial charge in [-0.25, -0.2) is 4.79 Å². The molecular formula is C18H23N3O3. The van der Waals surface area contributed by atoms with E-state index in [-0.39, 0.29) is 23.8 Å². The fourth-order valence-electron chi connectivity index (χ4n) is 3.46. The van der Waals surface area contributed by atoms with Gasteiger partial charge < -0.3 is 14.8 Å². The Bertz CT molecular complexity index is 728. The van der Waals surface area contributed by atoms with Crippen LogP contribution in [0.25, 0.3) is 0 Å². The van der Waals surface area contributed by atoms with Crippen LogP contribution in [0.1, 0.15) is 49.7 Å². The highest BCUT2D eigenvalue weighted by atomic mass is 16.6. The van der Waals surface area contributed by atoms with Crippen LogP contribution in [0, 0.1) is 0 Å². The van der Waals surface area contributed by atoms with Crippen LogP contribution in [0.2, 0.25) is 0 Å². The third-order valence-corrected chi connectivity index (χ3v) is 4.68. The molecule has 0 radical (unpaired) electrons. The molecule has 0 bridgehead atoms. The minimum Gasteiger partial charge on any atom is -0.440 e. The number of amides is 1. The molecule has 1 aromatic heterocycles. The smallest absolute Gasteiger partial charge is 0.407 e. The van der Waals surface area contributed by atoms with Gasteiger partial charge in [-0.05, 0) is 32.3 Å². The number of alkyl carbamates (subject to hydrolysis) is 1. The van der Waals surface area contributed by atoms with Gasteiger partial charge in [0.25, 0.3) is 0 Å². The van der Waals surface area contributed by atoms with E-state index < -0.39 is 0 Å². The number of fused-ring (bicyclic) bond motifs is 2. The lowest BCUT2D eigenvalue weighted by atomic mass is 9.86. The fraction of sp³-hybridized carbons (Fsp3) is 0.500. The van der Waals surface area contributed by atoms with Crippen LogP contribution in [-0.2, 0) is 21.6 Å². The summed E-state index contributed by atoms with van der Waals surface area (Å²) in [6.45, 7) is 5.37. The zero-order chi connectivity index (χ0) is 16.7. The molecule has 4 rings (SSSR count). The van der Waals surface area contributed by atoms with Gasteiger partial charge >= 0.3 is 6.09 Å². The van der Waals surface area contributed by atoms with Crippen LogP contribution < -0.4 is 5.32 Å². The van der Waals surface area contributed by atoms with E-state index in [0.29, 0.717) is 0 Å². The monoisotopic (exact) mass is 329 g/mol. The first kappa shape index (κ1) is 15.3. The SMILES string of the molecule is CC(C)NC(=O)O[C@@H]1CC[C@@]2(CO2)c2c1[nH]n2Cc1ccccc1. The molecule has 6 nitrogen and oxygen atoms in total. The number of aromatic amines is 1. The Hall–Kier alpha value is -2.21. The number of ether oxygens (including phenoxy) is 2. The fourth-order valence-corrected chi connectivity index (χ4v) is 3.46. The number of aromatic nitrogens is 2. The highest BCUT2D eigenvalue weighted by Gasteiger charge is 2.55. The van der Waals surface area contributed by atoms with Gasteiger partial charge in [-0.15, -0.1) is 0 Å². The van der Waals surface area contributed by atoms with Crippen LogP contribution >= 0.6 is 0 Å². The third kappa shape index (κ3) is 2.71. The second kappa shape index (κ2) is 5.70. The lowest BCUT2D eigenvalue weighted by molar-refractivity contribution is 0.0618. The highest BCUT2D eigenvalue weighted by molar-refractivity contribution is 5.68. The maximum absolute atomic E-state index is 11.9.